The van der Waals surface area contributed by atoms with Gasteiger partial charge in [-0.25, -0.2) is 0 Å². The van der Waals surface area contributed by atoms with Gasteiger partial charge < -0.3 is 14.4 Å². The molecule has 5 heteroatoms. The van der Waals surface area contributed by atoms with E-state index in [1.807, 2.05) is 35.2 Å². The van der Waals surface area contributed by atoms with E-state index in [0.717, 1.165) is 24.3 Å². The molecule has 4 rings (SSSR count). The second-order valence-corrected chi connectivity index (χ2v) is 7.65. The van der Waals surface area contributed by atoms with Crippen LogP contribution in [0, 0.1) is 12.8 Å². The van der Waals surface area contributed by atoms with Crippen LogP contribution in [0.3, 0.4) is 0 Å². The van der Waals surface area contributed by atoms with Gasteiger partial charge in [0, 0.05) is 18.7 Å². The van der Waals surface area contributed by atoms with Gasteiger partial charge in [0.1, 0.15) is 5.60 Å². The summed E-state index contributed by atoms with van der Waals surface area (Å²) in [5, 5.41) is 0. The van der Waals surface area contributed by atoms with Gasteiger partial charge in [-0.3, -0.25) is 9.78 Å². The van der Waals surface area contributed by atoms with Crippen molar-refractivity contribution in [2.24, 2.45) is 5.92 Å². The minimum absolute atomic E-state index is 0.174. The van der Waals surface area contributed by atoms with Crippen molar-refractivity contribution in [3.8, 4) is 0 Å². The Balaban J connectivity index is 1.27. The van der Waals surface area contributed by atoms with Crippen LogP contribution in [0.4, 0.5) is 0 Å². The average Bonchev–Trinajstić information content (AvgIpc) is 3.07. The van der Waals surface area contributed by atoms with Crippen molar-refractivity contribution >= 4 is 5.91 Å². The number of carbonyl (C=O) groups excluding carboxylic acids is 1. The number of aryl methyl sites for hydroxylation is 1. The van der Waals surface area contributed by atoms with Crippen molar-refractivity contribution < 1.29 is 14.3 Å². The summed E-state index contributed by atoms with van der Waals surface area (Å²) >= 11 is 0. The number of aromatic nitrogens is 1. The maximum Gasteiger partial charge on any atom is 0.227 e. The lowest BCUT2D eigenvalue weighted by Gasteiger charge is -2.50. The Morgan fingerprint density at radius 2 is 2.07 bits per heavy atom. The first-order valence-electron chi connectivity index (χ1n) is 9.60. The second kappa shape index (κ2) is 7.79. The molecule has 0 saturated carbocycles. The SMILES string of the molecule is Cc1ccc(CC(=O)N2CC3(C2)OCCC3COCc2ccccn2)cc1. The zero-order valence-corrected chi connectivity index (χ0v) is 15.8. The van der Waals surface area contributed by atoms with Crippen molar-refractivity contribution in [2.45, 2.75) is 32.0 Å². The number of pyridine rings is 1. The molecular weight excluding hydrogens is 340 g/mol. The molecule has 1 atom stereocenters. The smallest absolute Gasteiger partial charge is 0.227 e. The molecule has 142 valence electrons. The van der Waals surface area contributed by atoms with E-state index >= 15 is 0 Å². The molecule has 1 aromatic carbocycles. The van der Waals surface area contributed by atoms with E-state index in [4.69, 9.17) is 9.47 Å². The number of ether oxygens (including phenoxy) is 2. The molecule has 1 spiro atoms. The largest absolute Gasteiger partial charge is 0.375 e. The standard InChI is InChI=1S/C22H26N2O3/c1-17-5-7-18(8-6-17)12-21(25)24-15-22(16-24)19(9-11-27-22)13-26-14-20-4-2-3-10-23-20/h2-8,10,19H,9,11-16H2,1H3. The van der Waals surface area contributed by atoms with Crippen molar-refractivity contribution in [1.29, 1.82) is 0 Å². The highest BCUT2D eigenvalue weighted by atomic mass is 16.5. The van der Waals surface area contributed by atoms with Crippen LogP contribution < -0.4 is 0 Å². The molecule has 2 aliphatic heterocycles. The molecule has 0 aliphatic carbocycles. The molecule has 1 aromatic heterocycles. The van der Waals surface area contributed by atoms with Gasteiger partial charge in [-0.05, 0) is 31.0 Å². The van der Waals surface area contributed by atoms with Crippen LogP contribution in [0.25, 0.3) is 0 Å². The van der Waals surface area contributed by atoms with Gasteiger partial charge in [0.2, 0.25) is 5.91 Å². The third-order valence-corrected chi connectivity index (χ3v) is 5.64. The van der Waals surface area contributed by atoms with Crippen LogP contribution in [0.2, 0.25) is 0 Å². The van der Waals surface area contributed by atoms with Gasteiger partial charge in [-0.1, -0.05) is 35.9 Å². The van der Waals surface area contributed by atoms with Crippen molar-refractivity contribution in [3.63, 3.8) is 0 Å². The maximum atomic E-state index is 12.6. The van der Waals surface area contributed by atoms with E-state index in [-0.39, 0.29) is 11.5 Å². The van der Waals surface area contributed by atoms with Gasteiger partial charge in [0.25, 0.3) is 0 Å². The lowest BCUT2D eigenvalue weighted by atomic mass is 9.81. The quantitative estimate of drug-likeness (QED) is 0.789. The highest BCUT2D eigenvalue weighted by Crippen LogP contribution is 2.40. The lowest BCUT2D eigenvalue weighted by Crippen LogP contribution is -2.66. The van der Waals surface area contributed by atoms with Gasteiger partial charge in [-0.2, -0.15) is 0 Å². The molecule has 2 fully saturated rings. The highest BCUT2D eigenvalue weighted by molar-refractivity contribution is 5.80. The molecule has 5 nitrogen and oxygen atoms in total. The summed E-state index contributed by atoms with van der Waals surface area (Å²) in [4.78, 5) is 18.8. The molecule has 2 saturated heterocycles. The van der Waals surface area contributed by atoms with E-state index in [1.165, 1.54) is 5.56 Å². The molecule has 2 aromatic rings. The maximum absolute atomic E-state index is 12.6. The zero-order chi connectivity index (χ0) is 18.7. The van der Waals surface area contributed by atoms with E-state index in [0.29, 0.717) is 38.6 Å². The molecule has 1 amide bonds. The fourth-order valence-electron chi connectivity index (χ4n) is 3.93. The van der Waals surface area contributed by atoms with Crippen LogP contribution in [-0.2, 0) is 27.3 Å². The van der Waals surface area contributed by atoms with E-state index < -0.39 is 0 Å². The average molecular weight is 366 g/mol. The molecule has 0 bridgehead atoms. The summed E-state index contributed by atoms with van der Waals surface area (Å²) in [6.45, 7) is 5.32. The Bertz CT molecular complexity index is 770. The van der Waals surface area contributed by atoms with Crippen LogP contribution in [0.5, 0.6) is 0 Å². The summed E-state index contributed by atoms with van der Waals surface area (Å²) in [7, 11) is 0. The highest BCUT2D eigenvalue weighted by Gasteiger charge is 2.54. The first-order chi connectivity index (χ1) is 13.1. The number of hydrogen-bond acceptors (Lipinski definition) is 4. The molecule has 2 aliphatic rings. The minimum Gasteiger partial charge on any atom is -0.375 e. The van der Waals surface area contributed by atoms with Crippen LogP contribution in [0.15, 0.2) is 48.7 Å². The van der Waals surface area contributed by atoms with E-state index in [2.05, 4.69) is 24.0 Å². The normalized spacial score (nSPS) is 20.6. The first-order valence-corrected chi connectivity index (χ1v) is 9.60. The van der Waals surface area contributed by atoms with Gasteiger partial charge in [0.05, 0.1) is 38.4 Å². The van der Waals surface area contributed by atoms with Gasteiger partial charge >= 0.3 is 0 Å². The molecule has 1 unspecified atom stereocenters. The van der Waals surface area contributed by atoms with Crippen molar-refractivity contribution in [1.82, 2.24) is 9.88 Å². The number of amides is 1. The molecule has 27 heavy (non-hydrogen) atoms. The van der Waals surface area contributed by atoms with E-state index in [1.54, 1.807) is 6.20 Å². The Hall–Kier alpha value is -2.24. The summed E-state index contributed by atoms with van der Waals surface area (Å²) < 4.78 is 11.9. The number of likely N-dealkylation sites (tertiary alicyclic amines) is 1. The minimum atomic E-state index is -0.215. The summed E-state index contributed by atoms with van der Waals surface area (Å²) in [6.07, 6.45) is 3.22. The van der Waals surface area contributed by atoms with Gasteiger partial charge in [-0.15, -0.1) is 0 Å². The Labute approximate surface area is 160 Å². The van der Waals surface area contributed by atoms with E-state index in [9.17, 15) is 4.79 Å². The van der Waals surface area contributed by atoms with Gasteiger partial charge in [0.15, 0.2) is 0 Å². The summed E-state index contributed by atoms with van der Waals surface area (Å²) in [5.41, 5.74) is 3.00. The Morgan fingerprint density at radius 3 is 2.81 bits per heavy atom. The number of hydrogen-bond donors (Lipinski definition) is 0. The number of carbonyl (C=O) groups is 1. The van der Waals surface area contributed by atoms with Crippen LogP contribution in [0.1, 0.15) is 23.2 Å². The van der Waals surface area contributed by atoms with Crippen LogP contribution >= 0.6 is 0 Å². The third kappa shape index (κ3) is 4.04. The van der Waals surface area contributed by atoms with Crippen molar-refractivity contribution in [2.75, 3.05) is 26.3 Å². The second-order valence-electron chi connectivity index (χ2n) is 7.65. The van der Waals surface area contributed by atoms with Crippen LogP contribution in [-0.4, -0.2) is 47.7 Å². The zero-order valence-electron chi connectivity index (χ0n) is 15.8. The fraction of sp³-hybridized carbons (Fsp3) is 0.455. The monoisotopic (exact) mass is 366 g/mol. The first kappa shape index (κ1) is 18.1. The lowest BCUT2D eigenvalue weighted by molar-refractivity contribution is -0.168. The van der Waals surface area contributed by atoms with Crippen molar-refractivity contribution in [3.05, 3.63) is 65.5 Å². The predicted octanol–water partition coefficient (Wildman–Crippen LogP) is 2.77. The third-order valence-electron chi connectivity index (χ3n) is 5.64. The Morgan fingerprint density at radius 1 is 1.26 bits per heavy atom. The number of benzene rings is 1. The fourth-order valence-corrected chi connectivity index (χ4v) is 3.93. The molecule has 0 radical (unpaired) electrons. The number of rotatable bonds is 6. The number of nitrogens with zero attached hydrogens (tertiary/aromatic N) is 2. The Kier molecular flexibility index (Phi) is 5.23. The summed E-state index contributed by atoms with van der Waals surface area (Å²) in [5.74, 6) is 0.512. The predicted molar refractivity (Wildman–Crippen MR) is 102 cm³/mol. The summed E-state index contributed by atoms with van der Waals surface area (Å²) in [6, 6.07) is 14.0. The topological polar surface area (TPSA) is 51.7 Å². The molecule has 3 heterocycles. The molecular formula is C22H26N2O3. The molecule has 0 N–H and O–H groups in total.